The Morgan fingerprint density at radius 1 is 1.19 bits per heavy atom. The van der Waals surface area contributed by atoms with Crippen molar-refractivity contribution in [3.8, 4) is 10.6 Å². The minimum Gasteiger partial charge on any atom is -0.458 e. The molecule has 8 heteroatoms. The summed E-state index contributed by atoms with van der Waals surface area (Å²) in [7, 11) is 0. The lowest BCUT2D eigenvalue weighted by atomic mass is 10.2. The third-order valence-corrected chi connectivity index (χ3v) is 4.77. The van der Waals surface area contributed by atoms with Crippen LogP contribution in [0.2, 0.25) is 5.02 Å². The van der Waals surface area contributed by atoms with Crippen LogP contribution in [0.25, 0.3) is 10.6 Å². The van der Waals surface area contributed by atoms with Crippen LogP contribution in [0.5, 0.6) is 0 Å². The largest absolute Gasteiger partial charge is 0.458 e. The maximum Gasteiger partial charge on any atom is 0.325 e. The fourth-order valence-corrected chi connectivity index (χ4v) is 3.35. The van der Waals surface area contributed by atoms with Gasteiger partial charge in [0, 0.05) is 16.5 Å². The fraction of sp³-hybridized carbons (Fsp3) is 0.105. The van der Waals surface area contributed by atoms with Crippen molar-refractivity contribution in [3.05, 3.63) is 76.0 Å². The number of benzene rings is 2. The summed E-state index contributed by atoms with van der Waals surface area (Å²) in [5.41, 5.74) is 1.52. The van der Waals surface area contributed by atoms with Crippen molar-refractivity contribution in [2.45, 2.75) is 6.61 Å². The van der Waals surface area contributed by atoms with Gasteiger partial charge in [-0.25, -0.2) is 9.37 Å². The third-order valence-electron chi connectivity index (χ3n) is 3.52. The number of amides is 1. The van der Waals surface area contributed by atoms with E-state index in [2.05, 4.69) is 10.3 Å². The number of nitrogens with one attached hydrogen (secondary N) is 1. The molecule has 0 fully saturated rings. The number of carbonyl (C=O) groups excluding carboxylic acids is 2. The van der Waals surface area contributed by atoms with Crippen LogP contribution >= 0.6 is 22.9 Å². The predicted octanol–water partition coefficient (Wildman–Crippen LogP) is 4.08. The molecule has 0 aliphatic heterocycles. The van der Waals surface area contributed by atoms with Crippen molar-refractivity contribution >= 4 is 34.8 Å². The molecule has 1 heterocycles. The quantitative estimate of drug-likeness (QED) is 0.629. The number of halogens is 2. The van der Waals surface area contributed by atoms with Gasteiger partial charge in [0.25, 0.3) is 5.91 Å². The number of rotatable bonds is 6. The van der Waals surface area contributed by atoms with Gasteiger partial charge in [0.1, 0.15) is 24.0 Å². The van der Waals surface area contributed by atoms with Crippen molar-refractivity contribution in [1.29, 1.82) is 0 Å². The molecule has 3 rings (SSSR count). The number of esters is 1. The number of hydrogen-bond acceptors (Lipinski definition) is 5. The zero-order chi connectivity index (χ0) is 19.2. The van der Waals surface area contributed by atoms with E-state index in [1.54, 1.807) is 11.4 Å². The second kappa shape index (κ2) is 8.75. The molecule has 1 N–H and O–H groups in total. The second-order valence-electron chi connectivity index (χ2n) is 5.48. The molecule has 0 spiro atoms. The van der Waals surface area contributed by atoms with Crippen LogP contribution in [0, 0.1) is 5.82 Å². The number of hydrogen-bond donors (Lipinski definition) is 1. The Hall–Kier alpha value is -2.77. The van der Waals surface area contributed by atoms with Gasteiger partial charge in [0.15, 0.2) is 0 Å². The van der Waals surface area contributed by atoms with E-state index in [1.807, 2.05) is 18.2 Å². The molecule has 0 saturated carbocycles. The third kappa shape index (κ3) is 5.12. The molecule has 0 saturated heterocycles. The molecule has 5 nitrogen and oxygen atoms in total. The summed E-state index contributed by atoms with van der Waals surface area (Å²) in [6, 6.07) is 12.5. The lowest BCUT2D eigenvalue weighted by Crippen LogP contribution is -2.30. The summed E-state index contributed by atoms with van der Waals surface area (Å²) in [6.07, 6.45) is 0. The molecular formula is C19H14ClFN2O3S. The van der Waals surface area contributed by atoms with E-state index >= 15 is 0 Å². The second-order valence-corrected chi connectivity index (χ2v) is 6.74. The highest BCUT2D eigenvalue weighted by Crippen LogP contribution is 2.30. The highest BCUT2D eigenvalue weighted by molar-refractivity contribution is 7.13. The molecule has 0 radical (unpaired) electrons. The molecule has 3 aromatic rings. The summed E-state index contributed by atoms with van der Waals surface area (Å²) in [5.74, 6) is -1.70. The first-order chi connectivity index (χ1) is 13.0. The SMILES string of the molecule is O=C(CNC(=O)c1cccc(F)c1)OCc1csc(-c2ccccc2Cl)n1. The van der Waals surface area contributed by atoms with E-state index < -0.39 is 17.7 Å². The van der Waals surface area contributed by atoms with Crippen LogP contribution in [0.4, 0.5) is 4.39 Å². The minimum atomic E-state index is -0.618. The highest BCUT2D eigenvalue weighted by atomic mass is 35.5. The molecule has 0 atom stereocenters. The molecule has 27 heavy (non-hydrogen) atoms. The average molecular weight is 405 g/mol. The van der Waals surface area contributed by atoms with E-state index in [-0.39, 0.29) is 18.7 Å². The Kier molecular flexibility index (Phi) is 6.16. The van der Waals surface area contributed by atoms with Crippen molar-refractivity contribution in [2.24, 2.45) is 0 Å². The molecule has 0 aliphatic rings. The fourth-order valence-electron chi connectivity index (χ4n) is 2.22. The van der Waals surface area contributed by atoms with Gasteiger partial charge in [0.05, 0.1) is 10.7 Å². The minimum absolute atomic E-state index is 0.0182. The lowest BCUT2D eigenvalue weighted by molar-refractivity contribution is -0.143. The van der Waals surface area contributed by atoms with Crippen LogP contribution in [0.3, 0.4) is 0 Å². The summed E-state index contributed by atoms with van der Waals surface area (Å²) < 4.78 is 18.2. The molecular weight excluding hydrogens is 391 g/mol. The lowest BCUT2D eigenvalue weighted by Gasteiger charge is -2.05. The maximum absolute atomic E-state index is 13.1. The number of carbonyl (C=O) groups is 2. The summed E-state index contributed by atoms with van der Waals surface area (Å²) in [5, 5.41) is 5.48. The number of nitrogens with zero attached hydrogens (tertiary/aromatic N) is 1. The van der Waals surface area contributed by atoms with E-state index in [9.17, 15) is 14.0 Å². The standard InChI is InChI=1S/C19H14ClFN2O3S/c20-16-7-2-1-6-15(16)19-23-14(11-27-19)10-26-17(24)9-22-18(25)12-4-3-5-13(21)8-12/h1-8,11H,9-10H2,(H,22,25). The van der Waals surface area contributed by atoms with Crippen molar-refractivity contribution in [3.63, 3.8) is 0 Å². The smallest absolute Gasteiger partial charge is 0.325 e. The van der Waals surface area contributed by atoms with E-state index in [1.165, 1.54) is 29.5 Å². The van der Waals surface area contributed by atoms with Crippen LogP contribution in [0.1, 0.15) is 16.1 Å². The Morgan fingerprint density at radius 3 is 2.78 bits per heavy atom. The molecule has 0 unspecified atom stereocenters. The Bertz CT molecular complexity index is 977. The normalized spacial score (nSPS) is 10.4. The van der Waals surface area contributed by atoms with E-state index in [0.29, 0.717) is 10.7 Å². The first-order valence-electron chi connectivity index (χ1n) is 7.91. The summed E-state index contributed by atoms with van der Waals surface area (Å²) in [6.45, 7) is -0.341. The van der Waals surface area contributed by atoms with Crippen molar-refractivity contribution < 1.29 is 18.7 Å². The van der Waals surface area contributed by atoms with Gasteiger partial charge in [-0.15, -0.1) is 11.3 Å². The monoisotopic (exact) mass is 404 g/mol. The van der Waals surface area contributed by atoms with Gasteiger partial charge < -0.3 is 10.1 Å². The average Bonchev–Trinajstić information content (AvgIpc) is 3.13. The van der Waals surface area contributed by atoms with Gasteiger partial charge in [-0.1, -0.05) is 35.9 Å². The summed E-state index contributed by atoms with van der Waals surface area (Å²) in [4.78, 5) is 28.0. The molecule has 0 aliphatic carbocycles. The summed E-state index contributed by atoms with van der Waals surface area (Å²) >= 11 is 7.54. The van der Waals surface area contributed by atoms with Gasteiger partial charge in [-0.3, -0.25) is 9.59 Å². The van der Waals surface area contributed by atoms with E-state index in [0.717, 1.165) is 16.6 Å². The Balaban J connectivity index is 1.50. The number of ether oxygens (including phenoxy) is 1. The number of aromatic nitrogens is 1. The molecule has 1 aromatic heterocycles. The molecule has 2 aromatic carbocycles. The first kappa shape index (κ1) is 19.0. The Morgan fingerprint density at radius 2 is 2.00 bits per heavy atom. The molecule has 0 bridgehead atoms. The van der Waals surface area contributed by atoms with Crippen LogP contribution in [0.15, 0.2) is 53.9 Å². The van der Waals surface area contributed by atoms with Crippen LogP contribution in [-0.2, 0) is 16.1 Å². The van der Waals surface area contributed by atoms with Gasteiger partial charge in [-0.2, -0.15) is 0 Å². The topological polar surface area (TPSA) is 68.3 Å². The van der Waals surface area contributed by atoms with Gasteiger partial charge in [0.2, 0.25) is 0 Å². The molecule has 1 amide bonds. The van der Waals surface area contributed by atoms with Gasteiger partial charge >= 0.3 is 5.97 Å². The Labute approximate surface area is 163 Å². The van der Waals surface area contributed by atoms with Crippen LogP contribution < -0.4 is 5.32 Å². The maximum atomic E-state index is 13.1. The highest BCUT2D eigenvalue weighted by Gasteiger charge is 2.12. The van der Waals surface area contributed by atoms with E-state index in [4.69, 9.17) is 16.3 Å². The van der Waals surface area contributed by atoms with Crippen molar-refractivity contribution in [1.82, 2.24) is 10.3 Å². The zero-order valence-electron chi connectivity index (χ0n) is 13.9. The molecule has 138 valence electrons. The number of thiazole rings is 1. The zero-order valence-corrected chi connectivity index (χ0v) is 15.5. The predicted molar refractivity (Wildman–Crippen MR) is 101 cm³/mol. The van der Waals surface area contributed by atoms with Crippen LogP contribution in [-0.4, -0.2) is 23.4 Å². The van der Waals surface area contributed by atoms with Crippen molar-refractivity contribution in [2.75, 3.05) is 6.54 Å². The first-order valence-corrected chi connectivity index (χ1v) is 9.17. The van der Waals surface area contributed by atoms with Gasteiger partial charge in [-0.05, 0) is 24.3 Å².